The number of anilines is 1. The molecule has 0 spiro atoms. The first-order valence-corrected chi connectivity index (χ1v) is 9.48. The second-order valence-corrected chi connectivity index (χ2v) is 7.66. The molecule has 0 aliphatic heterocycles. The van der Waals surface area contributed by atoms with Gasteiger partial charge in [0.15, 0.2) is 5.13 Å². The van der Waals surface area contributed by atoms with E-state index in [1.165, 1.54) is 35.7 Å². The fourth-order valence-corrected chi connectivity index (χ4v) is 3.86. The number of aryl methyl sites for hydroxylation is 1. The monoisotopic (exact) mass is 389 g/mol. The van der Waals surface area contributed by atoms with Crippen LogP contribution in [0.5, 0.6) is 0 Å². The lowest BCUT2D eigenvalue weighted by Gasteiger charge is -2.03. The molecule has 0 aliphatic carbocycles. The van der Waals surface area contributed by atoms with E-state index in [0.29, 0.717) is 17.2 Å². The summed E-state index contributed by atoms with van der Waals surface area (Å²) in [6.45, 7) is 3.60. The van der Waals surface area contributed by atoms with Crippen molar-refractivity contribution in [1.29, 1.82) is 0 Å². The van der Waals surface area contributed by atoms with Crippen LogP contribution in [0, 0.1) is 12.7 Å². The van der Waals surface area contributed by atoms with Crippen LogP contribution in [0.3, 0.4) is 0 Å². The van der Waals surface area contributed by atoms with Crippen LogP contribution in [0.25, 0.3) is 10.6 Å². The van der Waals surface area contributed by atoms with Gasteiger partial charge in [0, 0.05) is 22.7 Å². The smallest absolute Gasteiger partial charge is 0.257 e. The molecule has 0 aliphatic rings. The van der Waals surface area contributed by atoms with E-state index in [2.05, 4.69) is 15.6 Å². The Morgan fingerprint density at radius 1 is 1.23 bits per heavy atom. The number of hydrogen-bond donors (Lipinski definition) is 2. The van der Waals surface area contributed by atoms with Crippen LogP contribution in [-0.4, -0.2) is 16.8 Å². The Kier molecular flexibility index (Phi) is 5.43. The molecule has 3 aromatic rings. The highest BCUT2D eigenvalue weighted by Gasteiger charge is 2.12. The van der Waals surface area contributed by atoms with Crippen molar-refractivity contribution >= 4 is 39.6 Å². The van der Waals surface area contributed by atoms with Crippen molar-refractivity contribution in [2.75, 3.05) is 5.32 Å². The van der Waals surface area contributed by atoms with Crippen LogP contribution in [0.1, 0.15) is 27.7 Å². The van der Waals surface area contributed by atoms with Gasteiger partial charge in [0.2, 0.25) is 5.91 Å². The van der Waals surface area contributed by atoms with Crippen LogP contribution < -0.4 is 10.6 Å². The highest BCUT2D eigenvalue weighted by atomic mass is 32.1. The standard InChI is InChI=1S/C18H16FN3O2S2/c1-10-3-4-12(7-14(10)19)17(24)22-18-21-15(9-25-18)16-6-5-13(26-16)8-20-11(2)23/h3-7,9H,8H2,1-2H3,(H,20,23)(H,21,22,24). The summed E-state index contributed by atoms with van der Waals surface area (Å²) >= 11 is 2.83. The minimum absolute atomic E-state index is 0.0776. The lowest BCUT2D eigenvalue weighted by molar-refractivity contribution is -0.119. The Labute approximate surface area is 157 Å². The molecule has 3 rings (SSSR count). The third-order valence-electron chi connectivity index (χ3n) is 3.58. The van der Waals surface area contributed by atoms with E-state index in [4.69, 9.17) is 0 Å². The van der Waals surface area contributed by atoms with Crippen molar-refractivity contribution in [3.8, 4) is 10.6 Å². The number of aromatic nitrogens is 1. The van der Waals surface area contributed by atoms with Crippen molar-refractivity contribution in [2.45, 2.75) is 20.4 Å². The van der Waals surface area contributed by atoms with Gasteiger partial charge < -0.3 is 5.32 Å². The number of thiophene rings is 1. The number of halogens is 1. The Morgan fingerprint density at radius 2 is 2.04 bits per heavy atom. The van der Waals surface area contributed by atoms with Gasteiger partial charge in [-0.05, 0) is 36.8 Å². The maximum Gasteiger partial charge on any atom is 0.257 e. The summed E-state index contributed by atoms with van der Waals surface area (Å²) < 4.78 is 13.6. The van der Waals surface area contributed by atoms with E-state index in [9.17, 15) is 14.0 Å². The molecule has 0 saturated carbocycles. The van der Waals surface area contributed by atoms with Crippen LogP contribution in [0.4, 0.5) is 9.52 Å². The van der Waals surface area contributed by atoms with Crippen LogP contribution in [-0.2, 0) is 11.3 Å². The molecular formula is C18H16FN3O2S2. The van der Waals surface area contributed by atoms with Crippen molar-refractivity contribution in [2.24, 2.45) is 0 Å². The number of hydrogen-bond acceptors (Lipinski definition) is 5. The van der Waals surface area contributed by atoms with E-state index in [1.54, 1.807) is 19.1 Å². The molecule has 134 valence electrons. The normalized spacial score (nSPS) is 10.6. The summed E-state index contributed by atoms with van der Waals surface area (Å²) in [5.41, 5.74) is 1.49. The van der Waals surface area contributed by atoms with Crippen molar-refractivity contribution < 1.29 is 14.0 Å². The Hall–Kier alpha value is -2.58. The van der Waals surface area contributed by atoms with Crippen LogP contribution >= 0.6 is 22.7 Å². The highest BCUT2D eigenvalue weighted by molar-refractivity contribution is 7.17. The molecule has 2 amide bonds. The molecule has 2 heterocycles. The average Bonchev–Trinajstić information content (AvgIpc) is 3.24. The summed E-state index contributed by atoms with van der Waals surface area (Å²) in [5, 5.41) is 7.74. The maximum atomic E-state index is 13.6. The highest BCUT2D eigenvalue weighted by Crippen LogP contribution is 2.31. The summed E-state index contributed by atoms with van der Waals surface area (Å²) in [7, 11) is 0. The second kappa shape index (κ2) is 7.76. The number of carbonyl (C=O) groups excluding carboxylic acids is 2. The zero-order valence-electron chi connectivity index (χ0n) is 14.1. The molecule has 5 nitrogen and oxygen atoms in total. The lowest BCUT2D eigenvalue weighted by Crippen LogP contribution is -2.17. The van der Waals surface area contributed by atoms with Gasteiger partial charge in [-0.2, -0.15) is 0 Å². The fraction of sp³-hybridized carbons (Fsp3) is 0.167. The van der Waals surface area contributed by atoms with Gasteiger partial charge in [-0.15, -0.1) is 22.7 Å². The fourth-order valence-electron chi connectivity index (χ4n) is 2.17. The molecule has 2 N–H and O–H groups in total. The minimum Gasteiger partial charge on any atom is -0.351 e. The van der Waals surface area contributed by atoms with Gasteiger partial charge in [0.05, 0.1) is 17.1 Å². The predicted octanol–water partition coefficient (Wildman–Crippen LogP) is 4.21. The van der Waals surface area contributed by atoms with Gasteiger partial charge in [0.1, 0.15) is 5.82 Å². The van der Waals surface area contributed by atoms with E-state index in [0.717, 1.165) is 15.4 Å². The van der Waals surface area contributed by atoms with E-state index in [1.807, 2.05) is 17.5 Å². The van der Waals surface area contributed by atoms with E-state index >= 15 is 0 Å². The van der Waals surface area contributed by atoms with Crippen LogP contribution in [0.15, 0.2) is 35.7 Å². The summed E-state index contributed by atoms with van der Waals surface area (Å²) in [6.07, 6.45) is 0. The third-order valence-corrected chi connectivity index (χ3v) is 5.45. The Bertz CT molecular complexity index is 965. The zero-order chi connectivity index (χ0) is 18.7. The molecular weight excluding hydrogens is 373 g/mol. The number of benzene rings is 1. The first-order chi connectivity index (χ1) is 12.4. The molecule has 0 saturated heterocycles. The SMILES string of the molecule is CC(=O)NCc1ccc(-c2csc(NC(=O)c3ccc(C)c(F)c3)n2)s1. The predicted molar refractivity (Wildman–Crippen MR) is 102 cm³/mol. The van der Waals surface area contributed by atoms with E-state index < -0.39 is 11.7 Å². The molecule has 0 atom stereocenters. The first kappa shape index (κ1) is 18.2. The van der Waals surface area contributed by atoms with E-state index in [-0.39, 0.29) is 11.5 Å². The number of thiazole rings is 1. The first-order valence-electron chi connectivity index (χ1n) is 7.79. The Balaban J connectivity index is 1.68. The summed E-state index contributed by atoms with van der Waals surface area (Å²) in [4.78, 5) is 29.6. The number of rotatable bonds is 5. The van der Waals surface area contributed by atoms with Gasteiger partial charge in [0.25, 0.3) is 5.91 Å². The largest absolute Gasteiger partial charge is 0.351 e. The average molecular weight is 389 g/mol. The molecule has 0 fully saturated rings. The van der Waals surface area contributed by atoms with Crippen LogP contribution in [0.2, 0.25) is 0 Å². The summed E-state index contributed by atoms with van der Waals surface area (Å²) in [5.74, 6) is -0.892. The van der Waals surface area contributed by atoms with Crippen molar-refractivity contribution in [1.82, 2.24) is 10.3 Å². The number of carbonyl (C=O) groups is 2. The summed E-state index contributed by atoms with van der Waals surface area (Å²) in [6, 6.07) is 8.23. The Morgan fingerprint density at radius 3 is 2.77 bits per heavy atom. The molecule has 1 aromatic carbocycles. The number of amides is 2. The van der Waals surface area contributed by atoms with Gasteiger partial charge >= 0.3 is 0 Å². The topological polar surface area (TPSA) is 71.1 Å². The number of nitrogens with zero attached hydrogens (tertiary/aromatic N) is 1. The van der Waals surface area contributed by atoms with Crippen molar-refractivity contribution in [3.05, 3.63) is 57.5 Å². The molecule has 0 unspecified atom stereocenters. The molecule has 2 aromatic heterocycles. The third kappa shape index (κ3) is 4.33. The molecule has 8 heteroatoms. The molecule has 0 bridgehead atoms. The van der Waals surface area contributed by atoms with Gasteiger partial charge in [-0.25, -0.2) is 9.37 Å². The van der Waals surface area contributed by atoms with Gasteiger partial charge in [-0.1, -0.05) is 6.07 Å². The molecule has 26 heavy (non-hydrogen) atoms. The van der Waals surface area contributed by atoms with Gasteiger partial charge in [-0.3, -0.25) is 14.9 Å². The molecule has 0 radical (unpaired) electrons. The lowest BCUT2D eigenvalue weighted by atomic mass is 10.1. The second-order valence-electron chi connectivity index (χ2n) is 5.63. The minimum atomic E-state index is -0.414. The van der Waals surface area contributed by atoms with Crippen molar-refractivity contribution in [3.63, 3.8) is 0 Å². The zero-order valence-corrected chi connectivity index (χ0v) is 15.8. The number of nitrogens with one attached hydrogen (secondary N) is 2. The quantitative estimate of drug-likeness (QED) is 0.687. The maximum absolute atomic E-state index is 13.6.